The molecule has 0 radical (unpaired) electrons. The summed E-state index contributed by atoms with van der Waals surface area (Å²) in [7, 11) is 3.74. The molecule has 1 amide bonds. The number of carbonyl (C=O) groups is 1. The molecule has 1 aromatic rings. The minimum Gasteiger partial charge on any atom is -0.497 e. The van der Waals surface area contributed by atoms with E-state index in [4.69, 9.17) is 10.5 Å². The molecule has 0 aliphatic heterocycles. The topological polar surface area (TPSA) is 58.8 Å². The van der Waals surface area contributed by atoms with Crippen LogP contribution in [0.4, 0.5) is 0 Å². The molecule has 2 N–H and O–H groups in total. The van der Waals surface area contributed by atoms with Crippen LogP contribution in [0, 0.1) is 0 Å². The molecule has 0 spiro atoms. The van der Waals surface area contributed by atoms with Crippen LogP contribution in [0.2, 0.25) is 0 Å². The summed E-state index contributed by atoms with van der Waals surface area (Å²) in [6.07, 6.45) is 3.07. The van der Waals surface area contributed by atoms with Gasteiger partial charge in [-0.25, -0.2) is 0 Å². The number of rotatable bonds is 10. The maximum Gasteiger partial charge on any atom is 0.238 e. The number of hydrogen-bond donors (Lipinski definition) is 1. The van der Waals surface area contributed by atoms with Gasteiger partial charge in [0.05, 0.1) is 19.3 Å². The summed E-state index contributed by atoms with van der Waals surface area (Å²) >= 11 is 0. The molecule has 1 rings (SSSR count). The lowest BCUT2D eigenvalue weighted by atomic mass is 9.97. The Hall–Kier alpha value is -1.59. The Kier molecular flexibility index (Phi) is 8.39. The van der Waals surface area contributed by atoms with Crippen LogP contribution < -0.4 is 10.5 Å². The molecule has 0 bridgehead atoms. The number of methoxy groups -OCH3 is 1. The molecule has 0 heterocycles. The summed E-state index contributed by atoms with van der Waals surface area (Å²) in [6, 6.07) is 8.19. The van der Waals surface area contributed by atoms with E-state index < -0.39 is 0 Å². The summed E-state index contributed by atoms with van der Waals surface area (Å²) in [5, 5.41) is 0. The van der Waals surface area contributed by atoms with Crippen LogP contribution in [-0.4, -0.2) is 48.1 Å². The second-order valence-electron chi connectivity index (χ2n) is 7.06. The highest BCUT2D eigenvalue weighted by Gasteiger charge is 2.39. The molecule has 0 aliphatic rings. The van der Waals surface area contributed by atoms with Crippen molar-refractivity contribution in [1.82, 2.24) is 9.80 Å². The van der Waals surface area contributed by atoms with Crippen molar-refractivity contribution in [1.29, 1.82) is 0 Å². The van der Waals surface area contributed by atoms with Crippen molar-refractivity contribution in [2.75, 3.05) is 20.7 Å². The lowest BCUT2D eigenvalue weighted by Crippen LogP contribution is -2.61. The van der Waals surface area contributed by atoms with E-state index >= 15 is 0 Å². The molecule has 5 nitrogen and oxygen atoms in total. The van der Waals surface area contributed by atoms with Gasteiger partial charge in [0, 0.05) is 12.6 Å². The lowest BCUT2D eigenvalue weighted by molar-refractivity contribution is -0.148. The monoisotopic (exact) mass is 349 g/mol. The molecule has 142 valence electrons. The van der Waals surface area contributed by atoms with E-state index in [9.17, 15) is 4.79 Å². The predicted octanol–water partition coefficient (Wildman–Crippen LogP) is 3.23. The fraction of sp³-hybridized carbons (Fsp3) is 0.650. The van der Waals surface area contributed by atoms with Gasteiger partial charge in [0.1, 0.15) is 5.75 Å². The van der Waals surface area contributed by atoms with Gasteiger partial charge in [-0.05, 0) is 51.9 Å². The van der Waals surface area contributed by atoms with Crippen molar-refractivity contribution in [3.8, 4) is 5.75 Å². The second kappa shape index (κ2) is 9.78. The van der Waals surface area contributed by atoms with Gasteiger partial charge in [0.25, 0.3) is 0 Å². The number of nitrogens with zero attached hydrogens (tertiary/aromatic N) is 2. The van der Waals surface area contributed by atoms with Gasteiger partial charge in [-0.15, -0.1) is 0 Å². The van der Waals surface area contributed by atoms with Crippen molar-refractivity contribution >= 4 is 5.91 Å². The average molecular weight is 350 g/mol. The molecular formula is C20H35N3O2. The van der Waals surface area contributed by atoms with Crippen molar-refractivity contribution in [2.24, 2.45) is 5.73 Å². The fourth-order valence-corrected chi connectivity index (χ4v) is 3.12. The van der Waals surface area contributed by atoms with E-state index in [2.05, 4.69) is 39.6 Å². The maximum atomic E-state index is 12.7. The van der Waals surface area contributed by atoms with Crippen LogP contribution in [0.1, 0.15) is 52.5 Å². The maximum absolute atomic E-state index is 12.7. The quantitative estimate of drug-likeness (QED) is 0.659. The summed E-state index contributed by atoms with van der Waals surface area (Å²) in [5.74, 6) is 0.787. The molecule has 0 saturated carbocycles. The van der Waals surface area contributed by atoms with Crippen molar-refractivity contribution in [3.05, 3.63) is 29.8 Å². The second-order valence-corrected chi connectivity index (χ2v) is 7.06. The van der Waals surface area contributed by atoms with Crippen LogP contribution in [0.15, 0.2) is 24.3 Å². The molecule has 1 aromatic carbocycles. The number of unbranched alkanes of at least 4 members (excludes halogenated alkanes) is 1. The Morgan fingerprint density at radius 3 is 2.32 bits per heavy atom. The third-order valence-corrected chi connectivity index (χ3v) is 5.10. The molecule has 25 heavy (non-hydrogen) atoms. The van der Waals surface area contributed by atoms with Gasteiger partial charge in [0.2, 0.25) is 5.91 Å². The Morgan fingerprint density at radius 1 is 1.28 bits per heavy atom. The van der Waals surface area contributed by atoms with Gasteiger partial charge >= 0.3 is 0 Å². The highest BCUT2D eigenvalue weighted by molar-refractivity contribution is 5.78. The van der Waals surface area contributed by atoms with E-state index in [1.54, 1.807) is 7.11 Å². The summed E-state index contributed by atoms with van der Waals surface area (Å²) in [5.41, 5.74) is 6.44. The van der Waals surface area contributed by atoms with Crippen molar-refractivity contribution in [3.63, 3.8) is 0 Å². The van der Waals surface area contributed by atoms with Crippen molar-refractivity contribution < 1.29 is 9.53 Å². The largest absolute Gasteiger partial charge is 0.497 e. The van der Waals surface area contributed by atoms with Gasteiger partial charge in [-0.1, -0.05) is 31.9 Å². The van der Waals surface area contributed by atoms with E-state index in [0.717, 1.165) is 30.6 Å². The highest BCUT2D eigenvalue weighted by atomic mass is 16.5. The number of hydrogen-bond acceptors (Lipinski definition) is 4. The number of nitrogens with two attached hydrogens (primary N) is 1. The molecule has 0 saturated heterocycles. The van der Waals surface area contributed by atoms with E-state index in [-0.39, 0.29) is 18.1 Å². The van der Waals surface area contributed by atoms with E-state index in [1.807, 2.05) is 29.2 Å². The van der Waals surface area contributed by atoms with Crippen LogP contribution in [0.25, 0.3) is 0 Å². The first-order valence-electron chi connectivity index (χ1n) is 9.16. The van der Waals surface area contributed by atoms with E-state index in [0.29, 0.717) is 12.6 Å². The summed E-state index contributed by atoms with van der Waals surface area (Å²) in [4.78, 5) is 16.9. The first kappa shape index (κ1) is 21.5. The van der Waals surface area contributed by atoms with E-state index in [1.165, 1.54) is 0 Å². The van der Waals surface area contributed by atoms with Crippen LogP contribution in [-0.2, 0) is 11.3 Å². The Bertz CT molecular complexity index is 530. The molecule has 1 atom stereocenters. The van der Waals surface area contributed by atoms with Crippen LogP contribution >= 0.6 is 0 Å². The minimum absolute atomic E-state index is 0.0177. The zero-order chi connectivity index (χ0) is 19.0. The van der Waals surface area contributed by atoms with Crippen molar-refractivity contribution in [2.45, 2.75) is 65.2 Å². The SMILES string of the molecule is CCCCC(C)(N(Cc1ccc(OC)cc1)C(=O)CN)N(C)C(C)C. The number of amides is 1. The van der Waals surface area contributed by atoms with Crippen LogP contribution in [0.3, 0.4) is 0 Å². The molecular weight excluding hydrogens is 314 g/mol. The summed E-state index contributed by atoms with van der Waals surface area (Å²) < 4.78 is 5.22. The zero-order valence-corrected chi connectivity index (χ0v) is 16.7. The Morgan fingerprint density at radius 2 is 1.88 bits per heavy atom. The number of ether oxygens (including phenoxy) is 1. The molecule has 5 heteroatoms. The molecule has 0 fully saturated rings. The first-order chi connectivity index (χ1) is 11.8. The highest BCUT2D eigenvalue weighted by Crippen LogP contribution is 2.29. The normalized spacial score (nSPS) is 13.8. The zero-order valence-electron chi connectivity index (χ0n) is 16.7. The predicted molar refractivity (Wildman–Crippen MR) is 103 cm³/mol. The standard InChI is InChI=1S/C20H35N3O2/c1-7-8-13-20(4,22(5)16(2)3)23(19(24)14-21)15-17-9-11-18(25-6)12-10-17/h9-12,16H,7-8,13-15,21H2,1-6H3. The first-order valence-corrected chi connectivity index (χ1v) is 9.16. The Labute approximate surface area is 153 Å². The minimum atomic E-state index is -0.374. The number of benzene rings is 1. The Balaban J connectivity index is 3.19. The van der Waals surface area contributed by atoms with Crippen LogP contribution in [0.5, 0.6) is 5.75 Å². The lowest BCUT2D eigenvalue weighted by Gasteiger charge is -2.49. The third-order valence-electron chi connectivity index (χ3n) is 5.10. The van der Waals surface area contributed by atoms with Gasteiger partial charge < -0.3 is 15.4 Å². The molecule has 0 aliphatic carbocycles. The fourth-order valence-electron chi connectivity index (χ4n) is 3.12. The molecule has 0 aromatic heterocycles. The molecule has 1 unspecified atom stereocenters. The third kappa shape index (κ3) is 5.44. The van der Waals surface area contributed by atoms with Gasteiger partial charge in [-0.3, -0.25) is 9.69 Å². The summed E-state index contributed by atoms with van der Waals surface area (Å²) in [6.45, 7) is 9.20. The van der Waals surface area contributed by atoms with Gasteiger partial charge in [-0.2, -0.15) is 0 Å². The average Bonchev–Trinajstić information content (AvgIpc) is 2.63. The number of carbonyl (C=O) groups excluding carboxylic acids is 1. The smallest absolute Gasteiger partial charge is 0.238 e. The van der Waals surface area contributed by atoms with Gasteiger partial charge in [0.15, 0.2) is 0 Å².